The van der Waals surface area contributed by atoms with Gasteiger partial charge in [-0.25, -0.2) is 4.79 Å². The Balaban J connectivity index is 1.73. The van der Waals surface area contributed by atoms with Crippen molar-refractivity contribution >= 4 is 17.6 Å². The lowest BCUT2D eigenvalue weighted by Gasteiger charge is -2.29. The van der Waals surface area contributed by atoms with Gasteiger partial charge in [0.25, 0.3) is 5.91 Å². The second kappa shape index (κ2) is 6.67. The van der Waals surface area contributed by atoms with Crippen molar-refractivity contribution in [2.24, 2.45) is 5.16 Å². The Morgan fingerprint density at radius 1 is 1.50 bits per heavy atom. The number of morpholine rings is 1. The smallest absolute Gasteiger partial charge is 0.353 e. The van der Waals surface area contributed by atoms with Crippen LogP contribution in [0.5, 0.6) is 0 Å². The molecule has 0 aromatic carbocycles. The number of nitrogens with zero attached hydrogens (tertiary/aromatic N) is 2. The first-order valence-corrected chi connectivity index (χ1v) is 6.62. The Kier molecular flexibility index (Phi) is 4.91. The molecule has 8 nitrogen and oxygen atoms in total. The maximum Gasteiger partial charge on any atom is 0.353 e. The van der Waals surface area contributed by atoms with Gasteiger partial charge in [0.2, 0.25) is 6.10 Å². The Bertz CT molecular complexity index is 406. The van der Waals surface area contributed by atoms with Crippen molar-refractivity contribution in [3.63, 3.8) is 0 Å². The standard InChI is InChI=1S/C12H19N3O5/c1-8(7-15-2-4-19-5-3-15)13-11(16)10-6-9(12(17)18)14-20-10/h8,10H,2-7H2,1H3,(H,13,16)(H,17,18). The molecule has 0 aromatic heterocycles. The first kappa shape index (κ1) is 14.7. The molecule has 2 aliphatic heterocycles. The lowest BCUT2D eigenvalue weighted by molar-refractivity contribution is -0.132. The average molecular weight is 285 g/mol. The molecule has 2 aliphatic rings. The summed E-state index contributed by atoms with van der Waals surface area (Å²) < 4.78 is 5.26. The highest BCUT2D eigenvalue weighted by atomic mass is 16.6. The SMILES string of the molecule is CC(CN1CCOCC1)NC(=O)C1CC(C(=O)O)=NO1. The van der Waals surface area contributed by atoms with Gasteiger partial charge >= 0.3 is 5.97 Å². The molecule has 0 saturated carbocycles. The van der Waals surface area contributed by atoms with Gasteiger partial charge in [-0.3, -0.25) is 9.69 Å². The minimum absolute atomic E-state index is 0.00540. The Hall–Kier alpha value is -1.67. The summed E-state index contributed by atoms with van der Waals surface area (Å²) in [7, 11) is 0. The fraction of sp³-hybridized carbons (Fsp3) is 0.750. The van der Waals surface area contributed by atoms with Gasteiger partial charge < -0.3 is 20.0 Å². The quantitative estimate of drug-likeness (QED) is 0.675. The summed E-state index contributed by atoms with van der Waals surface area (Å²) in [5.74, 6) is -1.48. The number of amides is 1. The molecule has 8 heteroatoms. The molecule has 112 valence electrons. The molecule has 2 N–H and O–H groups in total. The van der Waals surface area contributed by atoms with Crippen LogP contribution in [0.25, 0.3) is 0 Å². The van der Waals surface area contributed by atoms with E-state index < -0.39 is 12.1 Å². The number of nitrogens with one attached hydrogen (secondary N) is 1. The van der Waals surface area contributed by atoms with Crippen molar-refractivity contribution in [1.82, 2.24) is 10.2 Å². The van der Waals surface area contributed by atoms with E-state index in [1.54, 1.807) is 0 Å². The number of hydrogen-bond donors (Lipinski definition) is 2. The van der Waals surface area contributed by atoms with Gasteiger partial charge in [-0.15, -0.1) is 0 Å². The minimum Gasteiger partial charge on any atom is -0.477 e. The van der Waals surface area contributed by atoms with Crippen molar-refractivity contribution in [1.29, 1.82) is 0 Å². The number of carboxylic acid groups (broad SMARTS) is 1. The first-order chi connectivity index (χ1) is 9.56. The summed E-state index contributed by atoms with van der Waals surface area (Å²) in [6.45, 7) is 5.76. The maximum absolute atomic E-state index is 11.9. The van der Waals surface area contributed by atoms with Crippen LogP contribution in [0.3, 0.4) is 0 Å². The van der Waals surface area contributed by atoms with Crippen LogP contribution in [0.2, 0.25) is 0 Å². The van der Waals surface area contributed by atoms with E-state index in [9.17, 15) is 9.59 Å². The summed E-state index contributed by atoms with van der Waals surface area (Å²) >= 11 is 0. The molecule has 0 spiro atoms. The number of carboxylic acids is 1. The van der Waals surface area contributed by atoms with Gasteiger partial charge in [-0.1, -0.05) is 5.16 Å². The Labute approximate surface area is 116 Å². The zero-order chi connectivity index (χ0) is 14.5. The van der Waals surface area contributed by atoms with Gasteiger partial charge in [0, 0.05) is 32.1 Å². The van der Waals surface area contributed by atoms with E-state index >= 15 is 0 Å². The van der Waals surface area contributed by atoms with Crippen molar-refractivity contribution in [2.75, 3.05) is 32.8 Å². The van der Waals surface area contributed by atoms with Crippen LogP contribution in [0.1, 0.15) is 13.3 Å². The first-order valence-electron chi connectivity index (χ1n) is 6.62. The van der Waals surface area contributed by atoms with Crippen molar-refractivity contribution < 1.29 is 24.3 Å². The molecule has 1 amide bonds. The molecule has 2 unspecified atom stereocenters. The van der Waals surface area contributed by atoms with Crippen LogP contribution in [0.15, 0.2) is 5.16 Å². The third-order valence-electron chi connectivity index (χ3n) is 3.23. The highest BCUT2D eigenvalue weighted by Crippen LogP contribution is 2.11. The summed E-state index contributed by atoms with van der Waals surface area (Å²) in [6.07, 6.45) is -0.834. The van der Waals surface area contributed by atoms with Crippen LogP contribution in [0, 0.1) is 0 Å². The topological polar surface area (TPSA) is 100 Å². The number of carbonyl (C=O) groups excluding carboxylic acids is 1. The van der Waals surface area contributed by atoms with Gasteiger partial charge in [0.15, 0.2) is 5.71 Å². The molecule has 1 saturated heterocycles. The zero-order valence-corrected chi connectivity index (χ0v) is 11.4. The van der Waals surface area contributed by atoms with Crippen LogP contribution < -0.4 is 5.32 Å². The zero-order valence-electron chi connectivity index (χ0n) is 11.4. The molecule has 0 radical (unpaired) electrons. The molecule has 2 atom stereocenters. The fourth-order valence-electron chi connectivity index (χ4n) is 2.20. The van der Waals surface area contributed by atoms with Gasteiger partial charge in [0.1, 0.15) is 0 Å². The minimum atomic E-state index is -1.15. The number of rotatable bonds is 5. The normalized spacial score (nSPS) is 24.6. The second-order valence-corrected chi connectivity index (χ2v) is 4.96. The lowest BCUT2D eigenvalue weighted by Crippen LogP contribution is -2.48. The summed E-state index contributed by atoms with van der Waals surface area (Å²) in [4.78, 5) is 29.7. The third-order valence-corrected chi connectivity index (χ3v) is 3.23. The molecule has 20 heavy (non-hydrogen) atoms. The van der Waals surface area contributed by atoms with E-state index in [1.807, 2.05) is 6.92 Å². The number of aliphatic carboxylic acids is 1. The molecule has 2 heterocycles. The summed E-state index contributed by atoms with van der Waals surface area (Å²) in [6, 6.07) is -0.0434. The second-order valence-electron chi connectivity index (χ2n) is 4.96. The Morgan fingerprint density at radius 3 is 2.80 bits per heavy atom. The maximum atomic E-state index is 11.9. The molecule has 2 rings (SSSR count). The number of carbonyl (C=O) groups is 2. The van der Waals surface area contributed by atoms with E-state index in [0.29, 0.717) is 13.2 Å². The highest BCUT2D eigenvalue weighted by Gasteiger charge is 2.32. The van der Waals surface area contributed by atoms with Crippen LogP contribution >= 0.6 is 0 Å². The van der Waals surface area contributed by atoms with E-state index in [-0.39, 0.29) is 24.1 Å². The van der Waals surface area contributed by atoms with Crippen molar-refractivity contribution in [3.8, 4) is 0 Å². The lowest BCUT2D eigenvalue weighted by atomic mass is 10.1. The highest BCUT2D eigenvalue weighted by molar-refractivity contribution is 6.36. The van der Waals surface area contributed by atoms with Gasteiger partial charge in [0.05, 0.1) is 13.2 Å². The molecule has 0 aromatic rings. The molecular formula is C12H19N3O5. The number of oxime groups is 1. The van der Waals surface area contributed by atoms with Gasteiger partial charge in [-0.05, 0) is 6.92 Å². The summed E-state index contributed by atoms with van der Waals surface area (Å²) in [5, 5.41) is 15.0. The fourth-order valence-corrected chi connectivity index (χ4v) is 2.20. The molecular weight excluding hydrogens is 266 g/mol. The molecule has 1 fully saturated rings. The largest absolute Gasteiger partial charge is 0.477 e. The predicted octanol–water partition coefficient (Wildman–Crippen LogP) is -0.947. The van der Waals surface area contributed by atoms with E-state index in [0.717, 1.165) is 19.6 Å². The average Bonchev–Trinajstić information content (AvgIpc) is 2.89. The molecule has 0 bridgehead atoms. The number of hydrogen-bond acceptors (Lipinski definition) is 6. The number of ether oxygens (including phenoxy) is 1. The Morgan fingerprint density at radius 2 is 2.20 bits per heavy atom. The van der Waals surface area contributed by atoms with Crippen molar-refractivity contribution in [3.05, 3.63) is 0 Å². The summed E-state index contributed by atoms with van der Waals surface area (Å²) in [5.41, 5.74) is -0.119. The van der Waals surface area contributed by atoms with Crippen molar-refractivity contribution in [2.45, 2.75) is 25.5 Å². The van der Waals surface area contributed by atoms with Gasteiger partial charge in [-0.2, -0.15) is 0 Å². The predicted molar refractivity (Wildman–Crippen MR) is 69.4 cm³/mol. The van der Waals surface area contributed by atoms with E-state index in [4.69, 9.17) is 14.7 Å². The van der Waals surface area contributed by atoms with Crippen LogP contribution in [-0.2, 0) is 19.2 Å². The van der Waals surface area contributed by atoms with E-state index in [2.05, 4.69) is 15.4 Å². The van der Waals surface area contributed by atoms with E-state index in [1.165, 1.54) is 0 Å². The monoisotopic (exact) mass is 285 g/mol. The molecule has 0 aliphatic carbocycles. The van der Waals surface area contributed by atoms with Crippen LogP contribution in [0.4, 0.5) is 0 Å². The third kappa shape index (κ3) is 3.91. The van der Waals surface area contributed by atoms with Crippen LogP contribution in [-0.4, -0.2) is 72.6 Å².